The lowest BCUT2D eigenvalue weighted by Crippen LogP contribution is -2.42. The van der Waals surface area contributed by atoms with Gasteiger partial charge in [-0.2, -0.15) is 0 Å². The highest BCUT2D eigenvalue weighted by molar-refractivity contribution is 5.96. The molecular formula is C102H94N4O6. The van der Waals surface area contributed by atoms with Gasteiger partial charge in [0.25, 0.3) is 11.8 Å². The summed E-state index contributed by atoms with van der Waals surface area (Å²) in [5, 5.41) is 12.2. The fourth-order valence-electron chi connectivity index (χ4n) is 6.86. The van der Waals surface area contributed by atoms with Crippen LogP contribution < -0.4 is 30.7 Å². The van der Waals surface area contributed by atoms with E-state index in [0.717, 1.165) is 42.7 Å². The second-order valence-electron chi connectivity index (χ2n) is 28.7. The molecular weight excluding hydrogens is 1380 g/mol. The first-order chi connectivity index (χ1) is 53.3. The average Bonchev–Trinajstić information content (AvgIpc) is 0.856. The minimum Gasteiger partial charge on any atom is -0.492 e. The fourth-order valence-corrected chi connectivity index (χ4v) is 6.86. The highest BCUT2D eigenvalue weighted by Gasteiger charge is 2.20. The number of nitrogens with one attached hydrogen (secondary N) is 4. The molecule has 0 saturated carbocycles. The molecule has 3 aromatic rings. The lowest BCUT2D eigenvalue weighted by molar-refractivity contribution is 0.0883. The van der Waals surface area contributed by atoms with Crippen molar-refractivity contribution in [1.82, 2.24) is 21.3 Å². The third-order valence-electron chi connectivity index (χ3n) is 13.8. The topological polar surface area (TPSA) is 127 Å². The average molecular weight is 1470 g/mol. The van der Waals surface area contributed by atoms with Gasteiger partial charge in [-0.15, -0.1) is 12.8 Å². The second-order valence-corrected chi connectivity index (χ2v) is 28.7. The van der Waals surface area contributed by atoms with Crippen LogP contribution in [0.2, 0.25) is 0 Å². The third kappa shape index (κ3) is 60.9. The lowest BCUT2D eigenvalue weighted by atomic mass is 9.83. The van der Waals surface area contributed by atoms with E-state index in [-0.39, 0.29) is 50.3 Å². The quantitative estimate of drug-likeness (QED) is 0.0445. The number of ether oxygens (including phenoxy) is 3. The van der Waals surface area contributed by atoms with Gasteiger partial charge in [0.2, 0.25) is 0 Å². The van der Waals surface area contributed by atoms with Crippen LogP contribution in [0.4, 0.5) is 0 Å². The van der Waals surface area contributed by atoms with Crippen LogP contribution in [-0.2, 0) is 11.2 Å². The number of hydrogen-bond donors (Lipinski definition) is 4. The predicted molar refractivity (Wildman–Crippen MR) is 457 cm³/mol. The molecule has 0 atom stereocenters. The summed E-state index contributed by atoms with van der Waals surface area (Å²) in [5.41, 5.74) is 4.17. The summed E-state index contributed by atoms with van der Waals surface area (Å²) in [4.78, 5) is 36.3. The molecule has 0 aliphatic carbocycles. The van der Waals surface area contributed by atoms with Gasteiger partial charge in [0.05, 0.1) is 6.61 Å². The molecule has 558 valence electrons. The van der Waals surface area contributed by atoms with Crippen LogP contribution >= 0.6 is 0 Å². The molecule has 0 fully saturated rings. The van der Waals surface area contributed by atoms with Crippen molar-refractivity contribution in [1.29, 1.82) is 0 Å². The van der Waals surface area contributed by atoms with Crippen LogP contribution in [-0.4, -0.2) is 82.3 Å². The zero-order valence-electron chi connectivity index (χ0n) is 67.8. The van der Waals surface area contributed by atoms with Gasteiger partial charge < -0.3 is 35.5 Å². The molecule has 0 saturated heterocycles. The van der Waals surface area contributed by atoms with E-state index in [1.54, 1.807) is 24.3 Å². The molecule has 10 heteroatoms. The van der Waals surface area contributed by atoms with Crippen molar-refractivity contribution in [3.05, 3.63) is 95.1 Å². The first-order valence-corrected chi connectivity index (χ1v) is 35.3. The van der Waals surface area contributed by atoms with E-state index in [2.05, 4.69) is 405 Å². The third-order valence-corrected chi connectivity index (χ3v) is 13.8. The summed E-state index contributed by atoms with van der Waals surface area (Å²) in [7, 11) is 3.82. The maximum Gasteiger partial charge on any atom is 0.251 e. The van der Waals surface area contributed by atoms with Crippen LogP contribution in [0.3, 0.4) is 0 Å². The zero-order chi connectivity index (χ0) is 83.5. The van der Waals surface area contributed by atoms with Crippen LogP contribution in [0.5, 0.6) is 11.5 Å². The van der Waals surface area contributed by atoms with Crippen molar-refractivity contribution in [3.8, 4) is 285 Å². The molecule has 0 bridgehead atoms. The van der Waals surface area contributed by atoms with Gasteiger partial charge in [-0.05, 0) is 232 Å². The molecule has 10 nitrogen and oxygen atoms in total. The Labute approximate surface area is 672 Å². The molecule has 0 aliphatic rings. The van der Waals surface area contributed by atoms with Crippen molar-refractivity contribution in [2.24, 2.45) is 21.7 Å². The van der Waals surface area contributed by atoms with E-state index in [9.17, 15) is 14.4 Å². The molecule has 4 N–H and O–H groups in total. The number of Topliss-reactive ketones (excluding diaryl/α,β-unsaturated/α-hetero) is 1. The van der Waals surface area contributed by atoms with E-state index >= 15 is 0 Å². The largest absolute Gasteiger partial charge is 0.492 e. The molecule has 0 radical (unpaired) electrons. The summed E-state index contributed by atoms with van der Waals surface area (Å²) in [6.07, 6.45) is 14.7. The number of carbonyl (C=O) groups is 3. The van der Waals surface area contributed by atoms with Crippen LogP contribution in [0.15, 0.2) is 72.8 Å². The summed E-state index contributed by atoms with van der Waals surface area (Å²) < 4.78 is 17.0. The Kier molecular flexibility index (Phi) is 51.2. The molecule has 112 heavy (non-hydrogen) atoms. The number of likely N-dealkylation sites (N-methyl/N-ethyl adjacent to an activating group) is 2. The van der Waals surface area contributed by atoms with E-state index in [0.29, 0.717) is 57.1 Å². The van der Waals surface area contributed by atoms with Crippen molar-refractivity contribution in [2.45, 2.75) is 154 Å². The molecule has 0 spiro atoms. The van der Waals surface area contributed by atoms with Crippen LogP contribution in [0.1, 0.15) is 173 Å². The number of rotatable bonds is 22. The highest BCUT2D eigenvalue weighted by atomic mass is 16.5. The Morgan fingerprint density at radius 2 is 0.634 bits per heavy atom. The lowest BCUT2D eigenvalue weighted by Gasteiger charge is -2.24. The Bertz CT molecular complexity index is 5070. The fraction of sp³-hybridized carbons (Fsp3) is 0.343. The molecule has 3 aromatic carbocycles. The number of hydrogen-bond acceptors (Lipinski definition) is 8. The molecule has 0 heterocycles. The number of benzene rings is 3. The van der Waals surface area contributed by atoms with Crippen molar-refractivity contribution in [3.63, 3.8) is 0 Å². The van der Waals surface area contributed by atoms with Crippen LogP contribution in [0, 0.1) is 295 Å². The first-order valence-electron chi connectivity index (χ1n) is 35.3. The summed E-state index contributed by atoms with van der Waals surface area (Å²) in [6, 6.07) is 22.6. The van der Waals surface area contributed by atoms with Crippen molar-refractivity contribution >= 4 is 17.6 Å². The van der Waals surface area contributed by atoms with Crippen molar-refractivity contribution < 1.29 is 28.6 Å². The van der Waals surface area contributed by atoms with Gasteiger partial charge in [0.1, 0.15) is 24.7 Å². The van der Waals surface area contributed by atoms with E-state index in [4.69, 9.17) is 27.1 Å². The van der Waals surface area contributed by atoms with Gasteiger partial charge in [-0.25, -0.2) is 0 Å². The maximum absolute atomic E-state index is 12.2. The van der Waals surface area contributed by atoms with E-state index in [1.807, 2.05) is 50.5 Å². The maximum atomic E-state index is 12.2. The Morgan fingerprint density at radius 1 is 0.348 bits per heavy atom. The molecule has 0 aromatic heterocycles. The molecule has 2 amide bonds. The molecule has 0 aliphatic heterocycles. The van der Waals surface area contributed by atoms with E-state index < -0.39 is 0 Å². The van der Waals surface area contributed by atoms with Gasteiger partial charge in [0.15, 0.2) is 5.78 Å². The summed E-state index contributed by atoms with van der Waals surface area (Å²) in [5.74, 6) is 110. The van der Waals surface area contributed by atoms with Gasteiger partial charge in [0, 0.05) is 220 Å². The number of carbonyl (C=O) groups excluding carboxylic acids is 3. The Balaban J connectivity index is 0.00000157. The monoisotopic (exact) mass is 1470 g/mol. The van der Waals surface area contributed by atoms with Gasteiger partial charge in [-0.1, -0.05) is 114 Å². The number of amides is 2. The number of ketones is 1. The van der Waals surface area contributed by atoms with Crippen molar-refractivity contribution in [2.75, 3.05) is 53.6 Å². The van der Waals surface area contributed by atoms with Crippen LogP contribution in [0.25, 0.3) is 0 Å². The smallest absolute Gasteiger partial charge is 0.251 e. The number of terminal acetylenes is 2. The van der Waals surface area contributed by atoms with Gasteiger partial charge in [-0.3, -0.25) is 14.4 Å². The Morgan fingerprint density at radius 3 is 0.893 bits per heavy atom. The standard InChI is InChI=1S/C46H2.C20H34N2O3.C19H30O.C17H28N2O2/c1-3-5-7-9-11-13-15-17-19-21-23-25-27-29-31-33-35-37-39-41-43-45-46-44-42-40-38-36-34-32-30-28-26-24-22-20-18-16-14-12-10-8-6-4-2;1-19(2,3)11-13-24-14-12-22-18(23)16-7-9-17(10-8-16)25-15-20(4,5)21-6;1-7-19(5,6)13-12-17(20)16-10-8-15(9-11-16)14-18(2,3)4;1-16(2,3)11-19-15(20)13-7-9-14(10-8-13)21-12-17(4,5)18-6/h1-2H;7-10,21H,11-15H2,1-6H3,(H,22,23);8-11H,7,12-14H2,1-6H3;7-10,18H,11-12H2,1-6H3,(H,19,20). The zero-order valence-corrected chi connectivity index (χ0v) is 67.8. The minimum absolute atomic E-state index is 0.0490. The second kappa shape index (κ2) is 58.8. The highest BCUT2D eigenvalue weighted by Crippen LogP contribution is 2.28. The minimum atomic E-state index is -0.0958. The van der Waals surface area contributed by atoms with E-state index in [1.165, 1.54) is 5.56 Å². The molecule has 0 unspecified atom stereocenters. The Hall–Kier alpha value is -14.4. The van der Waals surface area contributed by atoms with Gasteiger partial charge >= 0.3 is 0 Å². The summed E-state index contributed by atoms with van der Waals surface area (Å²) >= 11 is 0. The first kappa shape index (κ1) is 97.6. The normalized spacial score (nSPS) is 8.79. The predicted octanol–water partition coefficient (Wildman–Crippen LogP) is 12.1. The summed E-state index contributed by atoms with van der Waals surface area (Å²) in [6.45, 7) is 38.0. The molecule has 3 rings (SSSR count). The SMILES string of the molecule is C#CC#CC#CC#CC#CC#CC#CC#CC#CC#CC#CC#CC#CC#CC#CC#CC#CC#CC#CC#CC#CC#CC#C.CCC(C)(C)CCC(=O)c1ccc(CC(C)(C)C)cc1.CNC(C)(C)COc1ccc(C(=O)NCC(C)(C)C)cc1.CNC(C)(C)COc1ccc(C(=O)NCCOCCC(C)(C)C)cc1.